The van der Waals surface area contributed by atoms with E-state index in [0.717, 1.165) is 42.7 Å². The van der Waals surface area contributed by atoms with Crippen molar-refractivity contribution in [3.05, 3.63) is 64.7 Å². The van der Waals surface area contributed by atoms with Crippen molar-refractivity contribution in [2.75, 3.05) is 12.3 Å². The summed E-state index contributed by atoms with van der Waals surface area (Å²) in [6, 6.07) is 13.2. The van der Waals surface area contributed by atoms with Crippen LogP contribution in [0.25, 0.3) is 0 Å². The zero-order valence-electron chi connectivity index (χ0n) is 16.8. The first-order valence-electron chi connectivity index (χ1n) is 10.3. The molecule has 2 heterocycles. The maximum absolute atomic E-state index is 12.7. The number of hydrogen-bond acceptors (Lipinski definition) is 5. The van der Waals surface area contributed by atoms with E-state index in [0.29, 0.717) is 18.5 Å². The minimum Gasteiger partial charge on any atom is -0.399 e. The number of nitrogen functional groups attached to an aromatic ring is 1. The first-order valence-corrected chi connectivity index (χ1v) is 10.3. The van der Waals surface area contributed by atoms with Crippen molar-refractivity contribution in [3.8, 4) is 0 Å². The molecule has 2 aliphatic rings. The van der Waals surface area contributed by atoms with Gasteiger partial charge in [-0.1, -0.05) is 24.3 Å². The van der Waals surface area contributed by atoms with Crippen molar-refractivity contribution >= 4 is 23.4 Å². The topological polar surface area (TPSA) is 105 Å². The number of fused-ring (bicyclic) bond motifs is 1. The summed E-state index contributed by atoms with van der Waals surface area (Å²) in [6.07, 6.45) is 2.67. The minimum absolute atomic E-state index is 0.137. The lowest BCUT2D eigenvalue weighted by molar-refractivity contribution is -0.136. The number of nitrogens with one attached hydrogen (secondary N) is 2. The average molecular weight is 406 g/mol. The number of aryl methyl sites for hydroxylation is 1. The van der Waals surface area contributed by atoms with E-state index in [1.165, 1.54) is 5.56 Å². The molecule has 4 N–H and O–H groups in total. The predicted octanol–water partition coefficient (Wildman–Crippen LogP) is 1.75. The van der Waals surface area contributed by atoms with Crippen LogP contribution in [0.5, 0.6) is 0 Å². The van der Waals surface area contributed by atoms with E-state index >= 15 is 0 Å². The van der Waals surface area contributed by atoms with Gasteiger partial charge in [-0.2, -0.15) is 0 Å². The molecular weight excluding hydrogens is 380 g/mol. The van der Waals surface area contributed by atoms with Crippen LogP contribution >= 0.6 is 0 Å². The Hall–Kier alpha value is -3.19. The Labute approximate surface area is 175 Å². The van der Waals surface area contributed by atoms with Crippen molar-refractivity contribution in [3.63, 3.8) is 0 Å². The Morgan fingerprint density at radius 3 is 2.60 bits per heavy atom. The number of carbonyl (C=O) groups excluding carboxylic acids is 3. The van der Waals surface area contributed by atoms with Crippen LogP contribution in [-0.2, 0) is 29.1 Å². The van der Waals surface area contributed by atoms with Gasteiger partial charge < -0.3 is 16.0 Å². The fourth-order valence-electron chi connectivity index (χ4n) is 4.07. The number of piperidine rings is 1. The Morgan fingerprint density at radius 2 is 1.83 bits per heavy atom. The van der Waals surface area contributed by atoms with Crippen molar-refractivity contribution in [1.29, 1.82) is 0 Å². The van der Waals surface area contributed by atoms with Crippen LogP contribution in [0.3, 0.4) is 0 Å². The summed E-state index contributed by atoms with van der Waals surface area (Å²) in [5.41, 5.74) is 10.5. The Balaban J connectivity index is 1.29. The number of amides is 3. The monoisotopic (exact) mass is 406 g/mol. The molecule has 1 atom stereocenters. The maximum Gasteiger partial charge on any atom is 0.255 e. The van der Waals surface area contributed by atoms with Crippen LogP contribution in [0, 0.1) is 0 Å². The van der Waals surface area contributed by atoms with Gasteiger partial charge in [0.1, 0.15) is 6.04 Å². The summed E-state index contributed by atoms with van der Waals surface area (Å²) >= 11 is 0. The zero-order valence-corrected chi connectivity index (χ0v) is 16.8. The van der Waals surface area contributed by atoms with E-state index in [1.807, 2.05) is 30.3 Å². The van der Waals surface area contributed by atoms with Gasteiger partial charge in [0.2, 0.25) is 11.8 Å². The Morgan fingerprint density at radius 1 is 1.07 bits per heavy atom. The smallest absolute Gasteiger partial charge is 0.255 e. The molecule has 4 rings (SSSR count). The maximum atomic E-state index is 12.7. The van der Waals surface area contributed by atoms with Crippen LogP contribution in [0.15, 0.2) is 42.5 Å². The average Bonchev–Trinajstić information content (AvgIpc) is 3.05. The molecule has 30 heavy (non-hydrogen) atoms. The number of nitrogens with zero attached hydrogens (tertiary/aromatic N) is 1. The molecule has 2 aliphatic heterocycles. The molecule has 0 bridgehead atoms. The fraction of sp³-hybridized carbons (Fsp3) is 0.348. The summed E-state index contributed by atoms with van der Waals surface area (Å²) in [7, 11) is 0. The van der Waals surface area contributed by atoms with Gasteiger partial charge in [0, 0.05) is 30.8 Å². The molecule has 0 aromatic heterocycles. The third-order valence-corrected chi connectivity index (χ3v) is 5.72. The second-order valence-corrected chi connectivity index (χ2v) is 7.91. The van der Waals surface area contributed by atoms with Gasteiger partial charge in [-0.3, -0.25) is 19.7 Å². The van der Waals surface area contributed by atoms with Crippen LogP contribution in [0.4, 0.5) is 5.69 Å². The van der Waals surface area contributed by atoms with Gasteiger partial charge in [-0.15, -0.1) is 0 Å². The summed E-state index contributed by atoms with van der Waals surface area (Å²) < 4.78 is 0. The molecule has 0 saturated carbocycles. The zero-order chi connectivity index (χ0) is 21.1. The molecule has 2 aromatic carbocycles. The van der Waals surface area contributed by atoms with E-state index in [-0.39, 0.29) is 24.1 Å². The lowest BCUT2D eigenvalue weighted by Crippen LogP contribution is -2.52. The van der Waals surface area contributed by atoms with Crippen molar-refractivity contribution in [2.45, 2.75) is 44.8 Å². The lowest BCUT2D eigenvalue weighted by Gasteiger charge is -2.29. The second-order valence-electron chi connectivity index (χ2n) is 7.91. The number of carbonyl (C=O) groups is 3. The number of benzene rings is 2. The van der Waals surface area contributed by atoms with E-state index in [1.54, 1.807) is 4.90 Å². The SMILES string of the molecule is Nc1ccc(CCCNCc2ccc3c(c2)CN(C2CCC(=O)NC2=O)C3=O)cc1. The van der Waals surface area contributed by atoms with Gasteiger partial charge >= 0.3 is 0 Å². The highest BCUT2D eigenvalue weighted by Gasteiger charge is 2.38. The van der Waals surface area contributed by atoms with Crippen LogP contribution in [0.2, 0.25) is 0 Å². The Kier molecular flexibility index (Phi) is 5.81. The van der Waals surface area contributed by atoms with E-state index in [2.05, 4.69) is 22.8 Å². The number of anilines is 1. The van der Waals surface area contributed by atoms with Gasteiger partial charge in [0.15, 0.2) is 0 Å². The second kappa shape index (κ2) is 8.67. The number of hydrogen-bond donors (Lipinski definition) is 3. The number of imide groups is 1. The molecule has 0 spiro atoms. The highest BCUT2D eigenvalue weighted by Crippen LogP contribution is 2.28. The summed E-state index contributed by atoms with van der Waals surface area (Å²) in [6.45, 7) is 2.02. The fourth-order valence-corrected chi connectivity index (χ4v) is 4.07. The lowest BCUT2D eigenvalue weighted by atomic mass is 10.0. The summed E-state index contributed by atoms with van der Waals surface area (Å²) in [4.78, 5) is 37.8. The van der Waals surface area contributed by atoms with Crippen LogP contribution < -0.4 is 16.4 Å². The van der Waals surface area contributed by atoms with Crippen molar-refractivity contribution in [1.82, 2.24) is 15.5 Å². The molecule has 0 aliphatic carbocycles. The number of nitrogens with two attached hydrogens (primary N) is 1. The van der Waals surface area contributed by atoms with Gasteiger partial charge in [0.25, 0.3) is 5.91 Å². The predicted molar refractivity (Wildman–Crippen MR) is 113 cm³/mol. The Bertz CT molecular complexity index is 971. The van der Waals surface area contributed by atoms with Crippen LogP contribution in [-0.4, -0.2) is 35.2 Å². The quantitative estimate of drug-likeness (QED) is 0.369. The van der Waals surface area contributed by atoms with Crippen LogP contribution in [0.1, 0.15) is 46.3 Å². The van der Waals surface area contributed by atoms with Crippen molar-refractivity contribution in [2.24, 2.45) is 0 Å². The standard InChI is InChI=1S/C23H26N4O3/c24-18-6-3-15(4-7-18)2-1-11-25-13-16-5-8-19-17(12-16)14-27(23(19)30)20-9-10-21(28)26-22(20)29/h3-8,12,20,25H,1-2,9-11,13-14,24H2,(H,26,28,29). The largest absolute Gasteiger partial charge is 0.399 e. The minimum atomic E-state index is -0.572. The van der Waals surface area contributed by atoms with Crippen molar-refractivity contribution < 1.29 is 14.4 Å². The normalized spacial score (nSPS) is 18.5. The molecule has 3 amide bonds. The third-order valence-electron chi connectivity index (χ3n) is 5.72. The molecule has 1 unspecified atom stereocenters. The summed E-state index contributed by atoms with van der Waals surface area (Å²) in [5, 5.41) is 5.78. The van der Waals surface area contributed by atoms with Gasteiger partial charge in [-0.05, 0) is 60.7 Å². The molecule has 0 radical (unpaired) electrons. The van der Waals surface area contributed by atoms with E-state index in [9.17, 15) is 14.4 Å². The molecule has 2 aromatic rings. The van der Waals surface area contributed by atoms with E-state index < -0.39 is 6.04 Å². The number of rotatable bonds is 7. The molecule has 156 valence electrons. The third kappa shape index (κ3) is 4.36. The highest BCUT2D eigenvalue weighted by atomic mass is 16.2. The highest BCUT2D eigenvalue weighted by molar-refractivity contribution is 6.05. The molecule has 7 heteroatoms. The van der Waals surface area contributed by atoms with Gasteiger partial charge in [0.05, 0.1) is 0 Å². The molecular formula is C23H26N4O3. The first kappa shape index (κ1) is 20.1. The molecule has 1 fully saturated rings. The summed E-state index contributed by atoms with van der Waals surface area (Å²) in [5.74, 6) is -0.789. The van der Waals surface area contributed by atoms with E-state index in [4.69, 9.17) is 5.73 Å². The van der Waals surface area contributed by atoms with Gasteiger partial charge in [-0.25, -0.2) is 0 Å². The molecule has 1 saturated heterocycles. The first-order chi connectivity index (χ1) is 14.5. The molecule has 7 nitrogen and oxygen atoms in total.